The summed E-state index contributed by atoms with van der Waals surface area (Å²) in [6, 6.07) is 15.9. The van der Waals surface area contributed by atoms with E-state index in [1.807, 2.05) is 35.2 Å². The summed E-state index contributed by atoms with van der Waals surface area (Å²) in [4.78, 5) is 20.6. The quantitative estimate of drug-likeness (QED) is 0.842. The third kappa shape index (κ3) is 4.43. The number of rotatable bonds is 5. The molecule has 0 radical (unpaired) electrons. The monoisotopic (exact) mass is 334 g/mol. The van der Waals surface area contributed by atoms with Gasteiger partial charge in [0.15, 0.2) is 0 Å². The zero-order chi connectivity index (χ0) is 17.5. The molecule has 0 unspecified atom stereocenters. The standard InChI is InChI=1S/C20H22N4O/c21-15-19(18-7-4-10-22-16-18)23-11-13-24(14-12-23)20(25)9-8-17-5-2-1-3-6-17/h1-7,10,16,19H,8-9,11-14H2/t19-/m1/s1. The summed E-state index contributed by atoms with van der Waals surface area (Å²) in [6.45, 7) is 2.77. The first kappa shape index (κ1) is 17.1. The maximum absolute atomic E-state index is 12.4. The van der Waals surface area contributed by atoms with E-state index in [1.165, 1.54) is 5.56 Å². The molecular formula is C20H22N4O. The van der Waals surface area contributed by atoms with Crippen molar-refractivity contribution in [1.82, 2.24) is 14.8 Å². The number of carbonyl (C=O) groups is 1. The minimum atomic E-state index is -0.296. The van der Waals surface area contributed by atoms with Gasteiger partial charge in [-0.3, -0.25) is 14.7 Å². The van der Waals surface area contributed by atoms with Gasteiger partial charge in [0.2, 0.25) is 5.91 Å². The van der Waals surface area contributed by atoms with Crippen LogP contribution in [-0.4, -0.2) is 46.9 Å². The first-order valence-electron chi connectivity index (χ1n) is 8.63. The van der Waals surface area contributed by atoms with Crippen molar-refractivity contribution in [2.24, 2.45) is 0 Å². The van der Waals surface area contributed by atoms with E-state index >= 15 is 0 Å². The Kier molecular flexibility index (Phi) is 5.76. The number of piperazine rings is 1. The lowest BCUT2D eigenvalue weighted by Crippen LogP contribution is -2.49. The molecule has 1 fully saturated rings. The van der Waals surface area contributed by atoms with Crippen molar-refractivity contribution in [3.05, 3.63) is 66.0 Å². The Hall–Kier alpha value is -2.71. The molecule has 1 aromatic heterocycles. The normalized spacial score (nSPS) is 16.2. The minimum Gasteiger partial charge on any atom is -0.340 e. The SMILES string of the molecule is N#C[C@H](c1cccnc1)N1CCN(C(=O)CCc2ccccc2)CC1. The van der Waals surface area contributed by atoms with Gasteiger partial charge in [-0.1, -0.05) is 36.4 Å². The highest BCUT2D eigenvalue weighted by Crippen LogP contribution is 2.21. The molecule has 1 atom stereocenters. The summed E-state index contributed by atoms with van der Waals surface area (Å²) < 4.78 is 0. The van der Waals surface area contributed by atoms with Crippen LogP contribution >= 0.6 is 0 Å². The molecular weight excluding hydrogens is 312 g/mol. The van der Waals surface area contributed by atoms with Gasteiger partial charge in [0.1, 0.15) is 6.04 Å². The van der Waals surface area contributed by atoms with Crippen molar-refractivity contribution in [3.63, 3.8) is 0 Å². The number of hydrogen-bond donors (Lipinski definition) is 0. The molecule has 2 heterocycles. The van der Waals surface area contributed by atoms with Crippen LogP contribution in [0.5, 0.6) is 0 Å². The fourth-order valence-corrected chi connectivity index (χ4v) is 3.19. The summed E-state index contributed by atoms with van der Waals surface area (Å²) in [5.41, 5.74) is 2.10. The molecule has 1 aliphatic rings. The number of carbonyl (C=O) groups excluding carboxylic acids is 1. The Morgan fingerprint density at radius 2 is 1.88 bits per heavy atom. The van der Waals surface area contributed by atoms with Crippen LogP contribution < -0.4 is 0 Å². The molecule has 0 bridgehead atoms. The first-order chi connectivity index (χ1) is 12.3. The van der Waals surface area contributed by atoms with E-state index in [0.29, 0.717) is 32.6 Å². The Balaban J connectivity index is 1.51. The smallest absolute Gasteiger partial charge is 0.222 e. The second kappa shape index (κ2) is 8.41. The van der Waals surface area contributed by atoms with Gasteiger partial charge in [-0.15, -0.1) is 0 Å². The fraction of sp³-hybridized carbons (Fsp3) is 0.350. The molecule has 1 aliphatic heterocycles. The van der Waals surface area contributed by atoms with Gasteiger partial charge < -0.3 is 4.90 Å². The van der Waals surface area contributed by atoms with Crippen molar-refractivity contribution in [3.8, 4) is 6.07 Å². The molecule has 3 rings (SSSR count). The van der Waals surface area contributed by atoms with Crippen molar-refractivity contribution in [1.29, 1.82) is 5.26 Å². The highest BCUT2D eigenvalue weighted by atomic mass is 16.2. The number of amides is 1. The second-order valence-electron chi connectivity index (χ2n) is 6.22. The summed E-state index contributed by atoms with van der Waals surface area (Å²) in [5.74, 6) is 0.193. The molecule has 0 saturated carbocycles. The summed E-state index contributed by atoms with van der Waals surface area (Å²) in [5, 5.41) is 9.52. The molecule has 0 aliphatic carbocycles. The van der Waals surface area contributed by atoms with E-state index in [4.69, 9.17) is 0 Å². The third-order valence-corrected chi connectivity index (χ3v) is 4.62. The number of nitriles is 1. The molecule has 1 saturated heterocycles. The maximum Gasteiger partial charge on any atom is 0.222 e. The fourth-order valence-electron chi connectivity index (χ4n) is 3.19. The Morgan fingerprint density at radius 1 is 1.12 bits per heavy atom. The number of nitrogens with zero attached hydrogens (tertiary/aromatic N) is 4. The largest absolute Gasteiger partial charge is 0.340 e. The Labute approximate surface area is 148 Å². The van der Waals surface area contributed by atoms with Gasteiger partial charge in [0.05, 0.1) is 6.07 Å². The van der Waals surface area contributed by atoms with Crippen LogP contribution in [0.1, 0.15) is 23.6 Å². The van der Waals surface area contributed by atoms with E-state index in [9.17, 15) is 10.1 Å². The summed E-state index contributed by atoms with van der Waals surface area (Å²) >= 11 is 0. The molecule has 128 valence electrons. The number of aromatic nitrogens is 1. The average Bonchev–Trinajstić information content (AvgIpc) is 2.69. The van der Waals surface area contributed by atoms with Crippen LogP contribution in [0.25, 0.3) is 0 Å². The van der Waals surface area contributed by atoms with Crippen molar-refractivity contribution in [2.75, 3.05) is 26.2 Å². The van der Waals surface area contributed by atoms with Gasteiger partial charge in [-0.2, -0.15) is 5.26 Å². The minimum absolute atomic E-state index is 0.193. The lowest BCUT2D eigenvalue weighted by atomic mass is 10.1. The average molecular weight is 334 g/mol. The summed E-state index contributed by atoms with van der Waals surface area (Å²) in [7, 11) is 0. The van der Waals surface area contributed by atoms with Crippen LogP contribution in [0.4, 0.5) is 0 Å². The van der Waals surface area contributed by atoms with E-state index < -0.39 is 0 Å². The predicted molar refractivity (Wildman–Crippen MR) is 95.5 cm³/mol. The molecule has 1 amide bonds. The second-order valence-corrected chi connectivity index (χ2v) is 6.22. The van der Waals surface area contributed by atoms with Crippen LogP contribution in [0.15, 0.2) is 54.9 Å². The van der Waals surface area contributed by atoms with E-state index in [0.717, 1.165) is 12.0 Å². The van der Waals surface area contributed by atoms with Gasteiger partial charge in [-0.05, 0) is 18.1 Å². The van der Waals surface area contributed by atoms with Crippen LogP contribution in [0.3, 0.4) is 0 Å². The molecule has 0 spiro atoms. The predicted octanol–water partition coefficient (Wildman–Crippen LogP) is 2.42. The zero-order valence-electron chi connectivity index (χ0n) is 14.2. The van der Waals surface area contributed by atoms with Gasteiger partial charge in [0, 0.05) is 50.6 Å². The van der Waals surface area contributed by atoms with Crippen molar-refractivity contribution in [2.45, 2.75) is 18.9 Å². The van der Waals surface area contributed by atoms with Gasteiger partial charge in [0.25, 0.3) is 0 Å². The third-order valence-electron chi connectivity index (χ3n) is 4.62. The molecule has 5 heteroatoms. The molecule has 1 aromatic carbocycles. The highest BCUT2D eigenvalue weighted by Gasteiger charge is 2.26. The van der Waals surface area contributed by atoms with Crippen LogP contribution in [0.2, 0.25) is 0 Å². The Bertz CT molecular complexity index is 718. The van der Waals surface area contributed by atoms with E-state index in [-0.39, 0.29) is 11.9 Å². The van der Waals surface area contributed by atoms with Crippen LogP contribution in [0, 0.1) is 11.3 Å². The molecule has 5 nitrogen and oxygen atoms in total. The maximum atomic E-state index is 12.4. The van der Waals surface area contributed by atoms with E-state index in [1.54, 1.807) is 12.4 Å². The topological polar surface area (TPSA) is 60.2 Å². The number of aryl methyl sites for hydroxylation is 1. The van der Waals surface area contributed by atoms with Crippen molar-refractivity contribution >= 4 is 5.91 Å². The number of hydrogen-bond acceptors (Lipinski definition) is 4. The van der Waals surface area contributed by atoms with Gasteiger partial charge >= 0.3 is 0 Å². The first-order valence-corrected chi connectivity index (χ1v) is 8.63. The zero-order valence-corrected chi connectivity index (χ0v) is 14.2. The van der Waals surface area contributed by atoms with E-state index in [2.05, 4.69) is 28.1 Å². The molecule has 0 N–H and O–H groups in total. The number of benzene rings is 1. The lowest BCUT2D eigenvalue weighted by Gasteiger charge is -2.37. The molecule has 25 heavy (non-hydrogen) atoms. The summed E-state index contributed by atoms with van der Waals surface area (Å²) in [6.07, 6.45) is 4.76. The Morgan fingerprint density at radius 3 is 2.52 bits per heavy atom. The number of pyridine rings is 1. The van der Waals surface area contributed by atoms with Crippen LogP contribution in [-0.2, 0) is 11.2 Å². The van der Waals surface area contributed by atoms with Crippen molar-refractivity contribution < 1.29 is 4.79 Å². The highest BCUT2D eigenvalue weighted by molar-refractivity contribution is 5.76. The lowest BCUT2D eigenvalue weighted by molar-refractivity contribution is -0.133. The molecule has 2 aromatic rings. The van der Waals surface area contributed by atoms with Gasteiger partial charge in [-0.25, -0.2) is 0 Å².